The SMILES string of the molecule is Cc1cc(=O)[nH]cc1C(=O)N1CCCCC1COC(=O)N1CCCCCC1. The Morgan fingerprint density at radius 3 is 2.52 bits per heavy atom. The van der Waals surface area contributed by atoms with Crippen LogP contribution >= 0.6 is 0 Å². The third kappa shape index (κ3) is 4.90. The number of hydrogen-bond acceptors (Lipinski definition) is 4. The van der Waals surface area contributed by atoms with Crippen molar-refractivity contribution in [1.29, 1.82) is 0 Å². The van der Waals surface area contributed by atoms with Crippen LogP contribution in [0.15, 0.2) is 17.1 Å². The molecule has 0 saturated carbocycles. The summed E-state index contributed by atoms with van der Waals surface area (Å²) in [6.07, 6.45) is 8.35. The lowest BCUT2D eigenvalue weighted by molar-refractivity contribution is 0.0378. The molecule has 2 fully saturated rings. The summed E-state index contributed by atoms with van der Waals surface area (Å²) >= 11 is 0. The number of likely N-dealkylation sites (tertiary alicyclic amines) is 2. The van der Waals surface area contributed by atoms with Gasteiger partial charge >= 0.3 is 6.09 Å². The predicted molar refractivity (Wildman–Crippen MR) is 102 cm³/mol. The number of carbonyl (C=O) groups excluding carboxylic acids is 2. The molecule has 1 aromatic rings. The van der Waals surface area contributed by atoms with Gasteiger partial charge in [-0.15, -0.1) is 0 Å². The number of aromatic amines is 1. The Morgan fingerprint density at radius 2 is 1.81 bits per heavy atom. The predicted octanol–water partition coefficient (Wildman–Crippen LogP) is 2.69. The smallest absolute Gasteiger partial charge is 0.409 e. The molecule has 0 aromatic carbocycles. The van der Waals surface area contributed by atoms with Gasteiger partial charge in [-0.05, 0) is 44.6 Å². The Hall–Kier alpha value is -2.31. The van der Waals surface area contributed by atoms with Crippen molar-refractivity contribution in [2.45, 2.75) is 57.9 Å². The molecule has 0 aliphatic carbocycles. The largest absolute Gasteiger partial charge is 0.447 e. The first kappa shape index (κ1) is 19.5. The lowest BCUT2D eigenvalue weighted by Gasteiger charge is -2.36. The molecule has 7 nitrogen and oxygen atoms in total. The molecule has 0 radical (unpaired) electrons. The number of nitrogens with one attached hydrogen (secondary N) is 1. The van der Waals surface area contributed by atoms with Crippen molar-refractivity contribution in [3.63, 3.8) is 0 Å². The molecule has 1 unspecified atom stereocenters. The second kappa shape index (κ2) is 9.06. The highest BCUT2D eigenvalue weighted by atomic mass is 16.6. The zero-order valence-electron chi connectivity index (χ0n) is 16.0. The highest BCUT2D eigenvalue weighted by Gasteiger charge is 2.30. The zero-order chi connectivity index (χ0) is 19.2. The minimum absolute atomic E-state index is 0.112. The first-order valence-corrected chi connectivity index (χ1v) is 9.98. The fourth-order valence-electron chi connectivity index (χ4n) is 3.91. The number of ether oxygens (including phenoxy) is 1. The molecule has 148 valence electrons. The van der Waals surface area contributed by atoms with Crippen LogP contribution in [-0.4, -0.2) is 59.1 Å². The van der Waals surface area contributed by atoms with E-state index < -0.39 is 0 Å². The van der Waals surface area contributed by atoms with Gasteiger partial charge in [0.1, 0.15) is 6.61 Å². The highest BCUT2D eigenvalue weighted by molar-refractivity contribution is 5.95. The van der Waals surface area contributed by atoms with Crippen LogP contribution in [-0.2, 0) is 4.74 Å². The first-order chi connectivity index (χ1) is 13.1. The van der Waals surface area contributed by atoms with Crippen LogP contribution in [0.4, 0.5) is 4.79 Å². The topological polar surface area (TPSA) is 82.7 Å². The summed E-state index contributed by atoms with van der Waals surface area (Å²) < 4.78 is 5.58. The highest BCUT2D eigenvalue weighted by Crippen LogP contribution is 2.21. The monoisotopic (exact) mass is 375 g/mol. The summed E-state index contributed by atoms with van der Waals surface area (Å²) in [4.78, 5) is 43.0. The van der Waals surface area contributed by atoms with Crippen molar-refractivity contribution < 1.29 is 14.3 Å². The molecular formula is C20H29N3O4. The molecule has 2 saturated heterocycles. The van der Waals surface area contributed by atoms with E-state index in [-0.39, 0.29) is 30.2 Å². The van der Waals surface area contributed by atoms with E-state index in [0.717, 1.165) is 58.0 Å². The summed E-state index contributed by atoms with van der Waals surface area (Å²) in [5, 5.41) is 0. The number of amides is 2. The Kier molecular flexibility index (Phi) is 6.53. The number of hydrogen-bond donors (Lipinski definition) is 1. The maximum atomic E-state index is 13.0. The molecule has 3 rings (SSSR count). The molecule has 1 N–H and O–H groups in total. The van der Waals surface area contributed by atoms with E-state index in [9.17, 15) is 14.4 Å². The minimum atomic E-state index is -0.268. The van der Waals surface area contributed by atoms with E-state index in [2.05, 4.69) is 4.98 Å². The number of nitrogens with zero attached hydrogens (tertiary/aromatic N) is 2. The molecule has 2 amide bonds. The number of aromatic nitrogens is 1. The number of rotatable bonds is 3. The minimum Gasteiger partial charge on any atom is -0.447 e. The van der Waals surface area contributed by atoms with Crippen molar-refractivity contribution >= 4 is 12.0 Å². The van der Waals surface area contributed by atoms with Gasteiger partial charge in [-0.3, -0.25) is 9.59 Å². The van der Waals surface area contributed by atoms with E-state index in [1.165, 1.54) is 12.3 Å². The zero-order valence-corrected chi connectivity index (χ0v) is 16.0. The molecule has 0 bridgehead atoms. The van der Waals surface area contributed by atoms with Crippen LogP contribution in [0.1, 0.15) is 60.9 Å². The Labute approximate surface area is 159 Å². The van der Waals surface area contributed by atoms with Gasteiger partial charge < -0.3 is 19.5 Å². The quantitative estimate of drug-likeness (QED) is 0.880. The molecule has 0 spiro atoms. The van der Waals surface area contributed by atoms with Gasteiger partial charge in [0.15, 0.2) is 0 Å². The Balaban J connectivity index is 1.63. The number of H-pyrrole nitrogens is 1. The van der Waals surface area contributed by atoms with E-state index in [4.69, 9.17) is 4.74 Å². The first-order valence-electron chi connectivity index (χ1n) is 9.98. The second-order valence-electron chi connectivity index (χ2n) is 7.52. The van der Waals surface area contributed by atoms with Gasteiger partial charge in [0.05, 0.1) is 11.6 Å². The summed E-state index contributed by atoms with van der Waals surface area (Å²) in [6, 6.07) is 1.32. The molecular weight excluding hydrogens is 346 g/mol. The lowest BCUT2D eigenvalue weighted by atomic mass is 10.0. The van der Waals surface area contributed by atoms with Gasteiger partial charge in [0.25, 0.3) is 5.91 Å². The maximum Gasteiger partial charge on any atom is 0.409 e. The average molecular weight is 375 g/mol. The van der Waals surface area contributed by atoms with Gasteiger partial charge in [-0.2, -0.15) is 0 Å². The van der Waals surface area contributed by atoms with Crippen molar-refractivity contribution in [1.82, 2.24) is 14.8 Å². The van der Waals surface area contributed by atoms with Crippen molar-refractivity contribution in [2.75, 3.05) is 26.2 Å². The van der Waals surface area contributed by atoms with E-state index in [0.29, 0.717) is 17.7 Å². The molecule has 2 aliphatic rings. The van der Waals surface area contributed by atoms with Crippen LogP contribution in [0, 0.1) is 6.92 Å². The number of pyridine rings is 1. The Bertz CT molecular complexity index is 722. The van der Waals surface area contributed by atoms with Crippen LogP contribution in [0.3, 0.4) is 0 Å². The van der Waals surface area contributed by atoms with Gasteiger partial charge in [-0.25, -0.2) is 4.79 Å². The lowest BCUT2D eigenvalue weighted by Crippen LogP contribution is -2.47. The summed E-state index contributed by atoms with van der Waals surface area (Å²) in [6.45, 7) is 4.14. The van der Waals surface area contributed by atoms with Crippen LogP contribution < -0.4 is 5.56 Å². The van der Waals surface area contributed by atoms with Gasteiger partial charge in [0, 0.05) is 31.9 Å². The molecule has 27 heavy (non-hydrogen) atoms. The fourth-order valence-corrected chi connectivity index (χ4v) is 3.91. The van der Waals surface area contributed by atoms with Gasteiger partial charge in [0.2, 0.25) is 5.56 Å². The molecule has 1 atom stereocenters. The summed E-state index contributed by atoms with van der Waals surface area (Å²) in [5.74, 6) is -0.112. The Morgan fingerprint density at radius 1 is 1.11 bits per heavy atom. The second-order valence-corrected chi connectivity index (χ2v) is 7.52. The summed E-state index contributed by atoms with van der Waals surface area (Å²) in [5.41, 5.74) is 0.945. The van der Waals surface area contributed by atoms with Crippen LogP contribution in [0.25, 0.3) is 0 Å². The van der Waals surface area contributed by atoms with E-state index in [1.54, 1.807) is 16.7 Å². The molecule has 3 heterocycles. The molecule has 7 heteroatoms. The molecule has 1 aromatic heterocycles. The van der Waals surface area contributed by atoms with E-state index >= 15 is 0 Å². The summed E-state index contributed by atoms with van der Waals surface area (Å²) in [7, 11) is 0. The number of piperidine rings is 1. The number of aryl methyl sites for hydroxylation is 1. The molecule has 2 aliphatic heterocycles. The normalized spacial score (nSPS) is 20.9. The van der Waals surface area contributed by atoms with Crippen molar-refractivity contribution in [3.05, 3.63) is 33.7 Å². The third-order valence-electron chi connectivity index (χ3n) is 5.51. The fraction of sp³-hybridized carbons (Fsp3) is 0.650. The average Bonchev–Trinajstić information content (AvgIpc) is 2.95. The van der Waals surface area contributed by atoms with Crippen LogP contribution in [0.5, 0.6) is 0 Å². The van der Waals surface area contributed by atoms with Crippen molar-refractivity contribution in [2.24, 2.45) is 0 Å². The van der Waals surface area contributed by atoms with Crippen LogP contribution in [0.2, 0.25) is 0 Å². The number of carbonyl (C=O) groups is 2. The van der Waals surface area contributed by atoms with Gasteiger partial charge in [-0.1, -0.05) is 12.8 Å². The van der Waals surface area contributed by atoms with E-state index in [1.807, 2.05) is 0 Å². The van der Waals surface area contributed by atoms with Crippen molar-refractivity contribution in [3.8, 4) is 0 Å². The standard InChI is InChI=1S/C20H29N3O4/c1-15-12-18(24)21-13-17(15)19(25)23-11-7-4-8-16(23)14-27-20(26)22-9-5-2-3-6-10-22/h12-13,16H,2-11,14H2,1H3,(H,21,24). The third-order valence-corrected chi connectivity index (χ3v) is 5.51. The maximum absolute atomic E-state index is 13.0.